The maximum absolute atomic E-state index is 12.1. The van der Waals surface area contributed by atoms with Gasteiger partial charge in [0, 0.05) is 23.7 Å². The Morgan fingerprint density at radius 3 is 2.37 bits per heavy atom. The minimum Gasteiger partial charge on any atom is -0.294 e. The van der Waals surface area contributed by atoms with Gasteiger partial charge in [-0.05, 0) is 67.6 Å². The molecule has 1 unspecified atom stereocenters. The van der Waals surface area contributed by atoms with Crippen LogP contribution in [0.3, 0.4) is 0 Å². The van der Waals surface area contributed by atoms with Gasteiger partial charge in [-0.3, -0.25) is 4.90 Å². The standard InChI is InChI=1S/C30H28ClN3O2S2/c1-21(22-10-5-4-6-11-22)33(2)20-24-19-28(34(32-24)27-15-8-7-14-26(27)31)30-17-16-29(37-30)23-12-9-13-25(18-23)38(3,35)36/h4-19,21H,20H2,1-3H3. The van der Waals surface area contributed by atoms with E-state index in [9.17, 15) is 8.42 Å². The highest BCUT2D eigenvalue weighted by Crippen LogP contribution is 2.37. The molecule has 5 rings (SSSR count). The summed E-state index contributed by atoms with van der Waals surface area (Å²) in [6.45, 7) is 2.85. The number of aromatic nitrogens is 2. The number of para-hydroxylation sites is 1. The minimum atomic E-state index is -3.29. The Bertz CT molecular complexity index is 1680. The van der Waals surface area contributed by atoms with Crippen molar-refractivity contribution < 1.29 is 8.42 Å². The molecule has 0 aliphatic rings. The maximum Gasteiger partial charge on any atom is 0.175 e. The zero-order valence-electron chi connectivity index (χ0n) is 21.4. The van der Waals surface area contributed by atoms with E-state index in [2.05, 4.69) is 55.3 Å². The molecule has 0 spiro atoms. The van der Waals surface area contributed by atoms with Crippen LogP contribution in [0.1, 0.15) is 24.2 Å². The van der Waals surface area contributed by atoms with Crippen LogP contribution in [0, 0.1) is 0 Å². The van der Waals surface area contributed by atoms with E-state index in [1.807, 2.05) is 47.1 Å². The maximum atomic E-state index is 12.1. The van der Waals surface area contributed by atoms with Crippen LogP contribution in [0.15, 0.2) is 102 Å². The number of nitrogens with zero attached hydrogens (tertiary/aromatic N) is 3. The van der Waals surface area contributed by atoms with E-state index in [1.165, 1.54) is 11.8 Å². The fourth-order valence-corrected chi connectivity index (χ4v) is 6.27. The van der Waals surface area contributed by atoms with Gasteiger partial charge >= 0.3 is 0 Å². The van der Waals surface area contributed by atoms with Gasteiger partial charge in [0.1, 0.15) is 0 Å². The number of benzene rings is 3. The third-order valence-electron chi connectivity index (χ3n) is 6.60. The molecule has 3 aromatic carbocycles. The van der Waals surface area contributed by atoms with Gasteiger partial charge in [-0.15, -0.1) is 11.3 Å². The van der Waals surface area contributed by atoms with Crippen LogP contribution < -0.4 is 0 Å². The molecule has 2 heterocycles. The van der Waals surface area contributed by atoms with Crippen molar-refractivity contribution in [1.29, 1.82) is 0 Å². The van der Waals surface area contributed by atoms with E-state index in [-0.39, 0.29) is 6.04 Å². The molecule has 5 nitrogen and oxygen atoms in total. The van der Waals surface area contributed by atoms with Crippen molar-refractivity contribution in [3.05, 3.63) is 113 Å². The van der Waals surface area contributed by atoms with E-state index in [0.717, 1.165) is 32.4 Å². The second-order valence-electron chi connectivity index (χ2n) is 9.35. The van der Waals surface area contributed by atoms with Crippen molar-refractivity contribution in [2.75, 3.05) is 13.3 Å². The monoisotopic (exact) mass is 561 g/mol. The van der Waals surface area contributed by atoms with E-state index < -0.39 is 9.84 Å². The summed E-state index contributed by atoms with van der Waals surface area (Å²) in [7, 11) is -1.19. The van der Waals surface area contributed by atoms with Crippen molar-refractivity contribution in [3.8, 4) is 26.7 Å². The molecule has 2 aromatic heterocycles. The van der Waals surface area contributed by atoms with Crippen LogP contribution in [0.2, 0.25) is 5.02 Å². The van der Waals surface area contributed by atoms with Crippen molar-refractivity contribution in [2.45, 2.75) is 24.4 Å². The molecule has 0 bridgehead atoms. The fourth-order valence-electron chi connectivity index (χ4n) is 4.38. The van der Waals surface area contributed by atoms with Gasteiger partial charge in [0.25, 0.3) is 0 Å². The Balaban J connectivity index is 1.52. The number of sulfone groups is 1. The normalized spacial score (nSPS) is 12.7. The largest absolute Gasteiger partial charge is 0.294 e. The molecule has 38 heavy (non-hydrogen) atoms. The first-order valence-electron chi connectivity index (χ1n) is 12.2. The third kappa shape index (κ3) is 5.61. The van der Waals surface area contributed by atoms with Crippen molar-refractivity contribution >= 4 is 32.8 Å². The number of hydrogen-bond donors (Lipinski definition) is 0. The number of halogens is 1. The summed E-state index contributed by atoms with van der Waals surface area (Å²) in [5.41, 5.74) is 4.79. The lowest BCUT2D eigenvalue weighted by atomic mass is 10.1. The molecule has 0 aliphatic heterocycles. The SMILES string of the molecule is CC(c1ccccc1)N(C)Cc1cc(-c2ccc(-c3cccc(S(C)(=O)=O)c3)s2)n(-c2ccccc2Cl)n1. The van der Waals surface area contributed by atoms with Gasteiger partial charge in [0.2, 0.25) is 0 Å². The van der Waals surface area contributed by atoms with Gasteiger partial charge in [0.15, 0.2) is 9.84 Å². The van der Waals surface area contributed by atoms with Crippen LogP contribution in [0.4, 0.5) is 0 Å². The molecule has 5 aromatic rings. The lowest BCUT2D eigenvalue weighted by molar-refractivity contribution is 0.250. The topological polar surface area (TPSA) is 55.2 Å². The molecule has 0 amide bonds. The molecule has 0 aliphatic carbocycles. The molecule has 0 saturated heterocycles. The number of thiophene rings is 1. The van der Waals surface area contributed by atoms with Gasteiger partial charge in [-0.2, -0.15) is 5.10 Å². The Hall–Kier alpha value is -3.23. The predicted molar refractivity (Wildman–Crippen MR) is 157 cm³/mol. The summed E-state index contributed by atoms with van der Waals surface area (Å²) in [6, 6.07) is 31.6. The van der Waals surface area contributed by atoms with Crippen molar-refractivity contribution in [3.63, 3.8) is 0 Å². The third-order valence-corrected chi connectivity index (χ3v) is 9.19. The van der Waals surface area contributed by atoms with Crippen molar-refractivity contribution in [2.24, 2.45) is 0 Å². The molecule has 0 fully saturated rings. The van der Waals surface area contributed by atoms with Crippen LogP contribution in [-0.2, 0) is 16.4 Å². The molecule has 0 saturated carbocycles. The molecular weight excluding hydrogens is 534 g/mol. The van der Waals surface area contributed by atoms with Gasteiger partial charge in [-0.25, -0.2) is 13.1 Å². The molecule has 0 N–H and O–H groups in total. The second-order valence-corrected chi connectivity index (χ2v) is 12.9. The molecule has 194 valence electrons. The quantitative estimate of drug-likeness (QED) is 0.197. The average Bonchev–Trinajstić information content (AvgIpc) is 3.56. The lowest BCUT2D eigenvalue weighted by Gasteiger charge is -2.24. The Morgan fingerprint density at radius 2 is 1.63 bits per heavy atom. The lowest BCUT2D eigenvalue weighted by Crippen LogP contribution is -2.22. The highest BCUT2D eigenvalue weighted by Gasteiger charge is 2.19. The van der Waals surface area contributed by atoms with E-state index in [0.29, 0.717) is 16.5 Å². The second kappa shape index (κ2) is 10.9. The summed E-state index contributed by atoms with van der Waals surface area (Å²) >= 11 is 8.20. The number of hydrogen-bond acceptors (Lipinski definition) is 5. The first-order valence-corrected chi connectivity index (χ1v) is 15.3. The van der Waals surface area contributed by atoms with Crippen LogP contribution in [0.5, 0.6) is 0 Å². The Kier molecular flexibility index (Phi) is 7.54. The first-order chi connectivity index (χ1) is 18.2. The van der Waals surface area contributed by atoms with Crippen LogP contribution in [-0.4, -0.2) is 36.4 Å². The zero-order chi connectivity index (χ0) is 26.9. The Morgan fingerprint density at radius 1 is 0.921 bits per heavy atom. The summed E-state index contributed by atoms with van der Waals surface area (Å²) in [6.07, 6.45) is 1.23. The average molecular weight is 562 g/mol. The van der Waals surface area contributed by atoms with Gasteiger partial charge in [-0.1, -0.05) is 66.2 Å². The summed E-state index contributed by atoms with van der Waals surface area (Å²) in [4.78, 5) is 4.58. The molecule has 0 radical (unpaired) electrons. The number of rotatable bonds is 8. The molecule has 8 heteroatoms. The minimum absolute atomic E-state index is 0.223. The molecule has 1 atom stereocenters. The zero-order valence-corrected chi connectivity index (χ0v) is 23.8. The smallest absolute Gasteiger partial charge is 0.175 e. The summed E-state index contributed by atoms with van der Waals surface area (Å²) in [5.74, 6) is 0. The highest BCUT2D eigenvalue weighted by atomic mass is 35.5. The van der Waals surface area contributed by atoms with Crippen LogP contribution >= 0.6 is 22.9 Å². The fraction of sp³-hybridized carbons (Fsp3) is 0.167. The Labute approximate surface area is 232 Å². The van der Waals surface area contributed by atoms with Gasteiger partial charge in [0.05, 0.1) is 31.9 Å². The summed E-state index contributed by atoms with van der Waals surface area (Å²) < 4.78 is 26.1. The van der Waals surface area contributed by atoms with Crippen molar-refractivity contribution in [1.82, 2.24) is 14.7 Å². The van der Waals surface area contributed by atoms with Gasteiger partial charge < -0.3 is 0 Å². The predicted octanol–water partition coefficient (Wildman–Crippen LogP) is 7.52. The van der Waals surface area contributed by atoms with E-state index >= 15 is 0 Å². The molecular formula is C30H28ClN3O2S2. The summed E-state index contributed by atoms with van der Waals surface area (Å²) in [5, 5.41) is 5.60. The first kappa shape index (κ1) is 26.4. The van der Waals surface area contributed by atoms with E-state index in [4.69, 9.17) is 16.7 Å². The van der Waals surface area contributed by atoms with E-state index in [1.54, 1.807) is 29.5 Å². The highest BCUT2D eigenvalue weighted by molar-refractivity contribution is 7.90. The van der Waals surface area contributed by atoms with Crippen LogP contribution in [0.25, 0.3) is 26.7 Å².